The molecule has 0 unspecified atom stereocenters. The molecule has 0 saturated carbocycles. The number of aryl methyl sites for hydroxylation is 1. The zero-order valence-corrected chi connectivity index (χ0v) is 22.6. The predicted molar refractivity (Wildman–Crippen MR) is 148 cm³/mol. The van der Waals surface area contributed by atoms with Crippen molar-refractivity contribution in [3.63, 3.8) is 0 Å². The number of benzene rings is 3. The Hall–Kier alpha value is -3.65. The van der Waals surface area contributed by atoms with Gasteiger partial charge in [-0.15, -0.1) is 0 Å². The van der Waals surface area contributed by atoms with Crippen LogP contribution in [0.2, 0.25) is 0 Å². The second-order valence-electron chi connectivity index (χ2n) is 9.48. The fourth-order valence-corrected chi connectivity index (χ4v) is 4.88. The molecule has 0 aliphatic heterocycles. The standard InChI is InChI=1S/C29H35N3O4S/c1-22(2)30-29(34)27(19-24-11-7-5-8-12-24)31(20-25-17-15-23(3)16-18-25)28(33)21-32(37(4,35)36)26-13-9-6-10-14-26/h5-18,22,27H,19-21H2,1-4H3,(H,30,34)/t27-/m1/s1. The van der Waals surface area contributed by atoms with Gasteiger partial charge in [0.25, 0.3) is 0 Å². The predicted octanol–water partition coefficient (Wildman–Crippen LogP) is 3.93. The second-order valence-corrected chi connectivity index (χ2v) is 11.4. The van der Waals surface area contributed by atoms with Crippen molar-refractivity contribution in [2.24, 2.45) is 0 Å². The molecule has 0 radical (unpaired) electrons. The molecule has 3 aromatic rings. The molecule has 0 saturated heterocycles. The SMILES string of the molecule is Cc1ccc(CN(C(=O)CN(c2ccccc2)S(C)(=O)=O)[C@H](Cc2ccccc2)C(=O)NC(C)C)cc1. The molecule has 0 heterocycles. The van der Waals surface area contributed by atoms with Crippen molar-refractivity contribution in [1.82, 2.24) is 10.2 Å². The van der Waals surface area contributed by atoms with Gasteiger partial charge >= 0.3 is 0 Å². The number of sulfonamides is 1. The number of rotatable bonds is 11. The van der Waals surface area contributed by atoms with Gasteiger partial charge in [-0.1, -0.05) is 78.4 Å². The van der Waals surface area contributed by atoms with Gasteiger partial charge < -0.3 is 10.2 Å². The number of carbonyl (C=O) groups excluding carboxylic acids is 2. The highest BCUT2D eigenvalue weighted by Gasteiger charge is 2.33. The van der Waals surface area contributed by atoms with E-state index in [-0.39, 0.29) is 18.5 Å². The topological polar surface area (TPSA) is 86.8 Å². The number of hydrogen-bond acceptors (Lipinski definition) is 4. The zero-order valence-electron chi connectivity index (χ0n) is 21.8. The maximum Gasteiger partial charge on any atom is 0.244 e. The van der Waals surface area contributed by atoms with E-state index in [0.717, 1.165) is 27.3 Å². The molecule has 37 heavy (non-hydrogen) atoms. The summed E-state index contributed by atoms with van der Waals surface area (Å²) in [6.45, 7) is 5.45. The van der Waals surface area contributed by atoms with E-state index in [4.69, 9.17) is 0 Å². The van der Waals surface area contributed by atoms with Crippen LogP contribution >= 0.6 is 0 Å². The zero-order chi connectivity index (χ0) is 27.0. The van der Waals surface area contributed by atoms with Gasteiger partial charge in [0, 0.05) is 19.0 Å². The van der Waals surface area contributed by atoms with E-state index in [9.17, 15) is 18.0 Å². The average Bonchev–Trinajstić information content (AvgIpc) is 2.85. The van der Waals surface area contributed by atoms with Gasteiger partial charge in [-0.25, -0.2) is 8.42 Å². The van der Waals surface area contributed by atoms with Crippen LogP contribution in [0.25, 0.3) is 0 Å². The van der Waals surface area contributed by atoms with Gasteiger partial charge in [0.1, 0.15) is 12.6 Å². The summed E-state index contributed by atoms with van der Waals surface area (Å²) >= 11 is 0. The summed E-state index contributed by atoms with van der Waals surface area (Å²) in [6, 6.07) is 24.8. The molecule has 8 heteroatoms. The number of nitrogens with one attached hydrogen (secondary N) is 1. The highest BCUT2D eigenvalue weighted by Crippen LogP contribution is 2.20. The van der Waals surface area contributed by atoms with E-state index in [1.165, 1.54) is 4.90 Å². The summed E-state index contributed by atoms with van der Waals surface area (Å²) in [7, 11) is -3.76. The van der Waals surface area contributed by atoms with E-state index < -0.39 is 28.5 Å². The summed E-state index contributed by atoms with van der Waals surface area (Å²) in [4.78, 5) is 28.9. The first-order chi connectivity index (χ1) is 17.5. The Kier molecular flexibility index (Phi) is 9.47. The maximum absolute atomic E-state index is 13.9. The van der Waals surface area contributed by atoms with Gasteiger partial charge in [0.15, 0.2) is 0 Å². The molecule has 0 aromatic heterocycles. The molecule has 2 amide bonds. The number of amides is 2. The highest BCUT2D eigenvalue weighted by molar-refractivity contribution is 7.92. The van der Waals surface area contributed by atoms with Crippen LogP contribution in [0.15, 0.2) is 84.9 Å². The lowest BCUT2D eigenvalue weighted by Crippen LogP contribution is -2.54. The smallest absolute Gasteiger partial charge is 0.244 e. The van der Waals surface area contributed by atoms with Crippen molar-refractivity contribution in [1.29, 1.82) is 0 Å². The quantitative estimate of drug-likeness (QED) is 0.414. The molecule has 0 aliphatic rings. The molecule has 1 atom stereocenters. The van der Waals surface area contributed by atoms with Crippen LogP contribution in [0.1, 0.15) is 30.5 Å². The second kappa shape index (κ2) is 12.5. The first-order valence-electron chi connectivity index (χ1n) is 12.3. The number of carbonyl (C=O) groups is 2. The third-order valence-corrected chi connectivity index (χ3v) is 7.04. The van der Waals surface area contributed by atoms with Gasteiger partial charge in [-0.2, -0.15) is 0 Å². The first-order valence-corrected chi connectivity index (χ1v) is 14.1. The molecule has 0 aliphatic carbocycles. The minimum absolute atomic E-state index is 0.126. The van der Waals surface area contributed by atoms with Gasteiger partial charge in [-0.05, 0) is 44.0 Å². The van der Waals surface area contributed by atoms with E-state index in [0.29, 0.717) is 12.1 Å². The lowest BCUT2D eigenvalue weighted by molar-refractivity contribution is -0.140. The molecule has 0 fully saturated rings. The summed E-state index contributed by atoms with van der Waals surface area (Å²) in [6.07, 6.45) is 1.37. The highest BCUT2D eigenvalue weighted by atomic mass is 32.2. The monoisotopic (exact) mass is 521 g/mol. The number of nitrogens with zero attached hydrogens (tertiary/aromatic N) is 2. The summed E-state index contributed by atoms with van der Waals surface area (Å²) in [5.41, 5.74) is 3.21. The van der Waals surface area contributed by atoms with Crippen LogP contribution < -0.4 is 9.62 Å². The molecule has 1 N–H and O–H groups in total. The van der Waals surface area contributed by atoms with Crippen LogP contribution in [-0.4, -0.2) is 50.0 Å². The van der Waals surface area contributed by atoms with Crippen LogP contribution in [0.4, 0.5) is 5.69 Å². The number of anilines is 1. The summed E-state index contributed by atoms with van der Waals surface area (Å²) in [5.74, 6) is -0.750. The minimum atomic E-state index is -3.76. The van der Waals surface area contributed by atoms with Gasteiger partial charge in [0.05, 0.1) is 11.9 Å². The normalized spacial score (nSPS) is 12.1. The molecule has 0 bridgehead atoms. The van der Waals surface area contributed by atoms with Crippen molar-refractivity contribution >= 4 is 27.5 Å². The summed E-state index contributed by atoms with van der Waals surface area (Å²) < 4.78 is 26.5. The molecule has 3 aromatic carbocycles. The van der Waals surface area contributed by atoms with E-state index in [2.05, 4.69) is 5.32 Å². The Morgan fingerprint density at radius 3 is 1.95 bits per heavy atom. The van der Waals surface area contributed by atoms with Gasteiger partial charge in [-0.3, -0.25) is 13.9 Å². The van der Waals surface area contributed by atoms with E-state index in [1.54, 1.807) is 30.3 Å². The molecule has 196 valence electrons. The average molecular weight is 522 g/mol. The van der Waals surface area contributed by atoms with Crippen LogP contribution in [-0.2, 0) is 32.6 Å². The maximum atomic E-state index is 13.9. The molecular weight excluding hydrogens is 486 g/mol. The van der Waals surface area contributed by atoms with Crippen molar-refractivity contribution in [3.05, 3.63) is 102 Å². The summed E-state index contributed by atoms with van der Waals surface area (Å²) in [5, 5.41) is 2.94. The number of hydrogen-bond donors (Lipinski definition) is 1. The fourth-order valence-electron chi connectivity index (χ4n) is 4.03. The van der Waals surface area contributed by atoms with E-state index in [1.807, 2.05) is 75.4 Å². The van der Waals surface area contributed by atoms with Gasteiger partial charge in [0.2, 0.25) is 21.8 Å². The van der Waals surface area contributed by atoms with Crippen molar-refractivity contribution in [3.8, 4) is 0 Å². The molecular formula is C29H35N3O4S. The molecule has 7 nitrogen and oxygen atoms in total. The van der Waals surface area contributed by atoms with Crippen molar-refractivity contribution < 1.29 is 18.0 Å². The van der Waals surface area contributed by atoms with E-state index >= 15 is 0 Å². The van der Waals surface area contributed by atoms with Crippen molar-refractivity contribution in [2.45, 2.75) is 45.8 Å². The Morgan fingerprint density at radius 1 is 0.838 bits per heavy atom. The third-order valence-electron chi connectivity index (χ3n) is 5.90. The van der Waals surface area contributed by atoms with Crippen molar-refractivity contribution in [2.75, 3.05) is 17.1 Å². The minimum Gasteiger partial charge on any atom is -0.352 e. The van der Waals surface area contributed by atoms with Crippen LogP contribution in [0, 0.1) is 6.92 Å². The Labute approximate surface area is 220 Å². The Balaban J connectivity index is 2.03. The largest absolute Gasteiger partial charge is 0.352 e. The lowest BCUT2D eigenvalue weighted by atomic mass is 10.0. The lowest BCUT2D eigenvalue weighted by Gasteiger charge is -2.34. The first kappa shape index (κ1) is 27.9. The third kappa shape index (κ3) is 8.18. The van der Waals surface area contributed by atoms with Crippen LogP contribution in [0.3, 0.4) is 0 Å². The van der Waals surface area contributed by atoms with Crippen LogP contribution in [0.5, 0.6) is 0 Å². The Morgan fingerprint density at radius 2 is 1.41 bits per heavy atom. The Bertz CT molecular complexity index is 1280. The fraction of sp³-hybridized carbons (Fsp3) is 0.310. The molecule has 0 spiro atoms. The number of para-hydroxylation sites is 1. The molecule has 3 rings (SSSR count).